The number of H-pyrrole nitrogens is 1. The van der Waals surface area contributed by atoms with Gasteiger partial charge in [0, 0.05) is 57.0 Å². The summed E-state index contributed by atoms with van der Waals surface area (Å²) in [4.78, 5) is 24.9. The molecule has 2 saturated heterocycles. The van der Waals surface area contributed by atoms with Crippen LogP contribution >= 0.6 is 0 Å². The lowest BCUT2D eigenvalue weighted by molar-refractivity contribution is -0.133. The van der Waals surface area contributed by atoms with Crippen molar-refractivity contribution in [2.24, 2.45) is 0 Å². The number of piperidine rings is 1. The van der Waals surface area contributed by atoms with Gasteiger partial charge in [0.05, 0.1) is 11.4 Å². The fourth-order valence-corrected chi connectivity index (χ4v) is 6.46. The fraction of sp³-hybridized carbons (Fsp3) is 0.440. The summed E-state index contributed by atoms with van der Waals surface area (Å²) in [7, 11) is -3.49. The Balaban J connectivity index is 1.12. The van der Waals surface area contributed by atoms with Gasteiger partial charge in [-0.1, -0.05) is 17.7 Å². The molecular formula is C25H31N5O3S. The van der Waals surface area contributed by atoms with Gasteiger partial charge in [0.15, 0.2) is 0 Å². The summed E-state index contributed by atoms with van der Waals surface area (Å²) in [6, 6.07) is 11.0. The number of aromatic nitrogens is 2. The van der Waals surface area contributed by atoms with Crippen LogP contribution in [0.4, 0.5) is 0 Å². The first-order valence-electron chi connectivity index (χ1n) is 11.9. The number of pyridine rings is 1. The van der Waals surface area contributed by atoms with Crippen LogP contribution in [0.1, 0.15) is 29.9 Å². The third-order valence-electron chi connectivity index (χ3n) is 7.12. The number of hydrogen-bond acceptors (Lipinski definition) is 5. The third-order valence-corrected chi connectivity index (χ3v) is 9.03. The zero-order valence-electron chi connectivity index (χ0n) is 19.5. The van der Waals surface area contributed by atoms with Gasteiger partial charge in [-0.05, 0) is 55.5 Å². The first-order valence-corrected chi connectivity index (χ1v) is 13.3. The van der Waals surface area contributed by atoms with E-state index in [1.807, 2.05) is 30.0 Å². The molecule has 0 bridgehead atoms. The highest BCUT2D eigenvalue weighted by Crippen LogP contribution is 2.32. The molecule has 0 radical (unpaired) electrons. The highest BCUT2D eigenvalue weighted by molar-refractivity contribution is 7.89. The van der Waals surface area contributed by atoms with Crippen LogP contribution in [0.15, 0.2) is 53.7 Å². The Kier molecular flexibility index (Phi) is 6.42. The van der Waals surface area contributed by atoms with Gasteiger partial charge < -0.3 is 9.88 Å². The first kappa shape index (κ1) is 23.0. The van der Waals surface area contributed by atoms with Crippen LogP contribution in [-0.2, 0) is 14.8 Å². The summed E-state index contributed by atoms with van der Waals surface area (Å²) < 4.78 is 27.3. The SMILES string of the molecule is Cc1ccc(S(=O)(=O)N2CCN(CC(=O)N3CCC(c4c[nH]c5ncccc45)CC3)CC2)cc1. The minimum absolute atomic E-state index is 0.133. The molecule has 9 heteroatoms. The molecule has 0 spiro atoms. The summed E-state index contributed by atoms with van der Waals surface area (Å²) in [6.07, 6.45) is 5.73. The number of nitrogens with zero attached hydrogens (tertiary/aromatic N) is 4. The van der Waals surface area contributed by atoms with Crippen molar-refractivity contribution in [2.75, 3.05) is 45.8 Å². The molecule has 0 saturated carbocycles. The molecule has 1 amide bonds. The number of carbonyl (C=O) groups is 1. The van der Waals surface area contributed by atoms with E-state index < -0.39 is 10.0 Å². The van der Waals surface area contributed by atoms with Crippen molar-refractivity contribution in [3.8, 4) is 0 Å². The minimum Gasteiger partial charge on any atom is -0.346 e. The summed E-state index contributed by atoms with van der Waals surface area (Å²) in [5.41, 5.74) is 3.24. The molecule has 34 heavy (non-hydrogen) atoms. The number of aryl methyl sites for hydroxylation is 1. The number of sulfonamides is 1. The molecule has 0 aliphatic carbocycles. The van der Waals surface area contributed by atoms with Crippen molar-refractivity contribution in [1.82, 2.24) is 24.1 Å². The number of likely N-dealkylation sites (tertiary alicyclic amines) is 1. The molecule has 5 rings (SSSR count). The Morgan fingerprint density at radius 1 is 1.03 bits per heavy atom. The van der Waals surface area contributed by atoms with E-state index in [0.717, 1.165) is 37.1 Å². The third kappa shape index (κ3) is 4.60. The van der Waals surface area contributed by atoms with E-state index >= 15 is 0 Å². The van der Waals surface area contributed by atoms with Crippen molar-refractivity contribution < 1.29 is 13.2 Å². The first-order chi connectivity index (χ1) is 16.4. The van der Waals surface area contributed by atoms with Gasteiger partial charge in [-0.2, -0.15) is 4.31 Å². The zero-order valence-corrected chi connectivity index (χ0v) is 20.3. The van der Waals surface area contributed by atoms with Gasteiger partial charge in [-0.15, -0.1) is 0 Å². The van der Waals surface area contributed by atoms with E-state index in [2.05, 4.69) is 27.1 Å². The largest absolute Gasteiger partial charge is 0.346 e. The van der Waals surface area contributed by atoms with E-state index in [1.54, 1.807) is 18.3 Å². The highest BCUT2D eigenvalue weighted by atomic mass is 32.2. The molecule has 1 N–H and O–H groups in total. The molecule has 180 valence electrons. The van der Waals surface area contributed by atoms with Crippen LogP contribution in [-0.4, -0.2) is 84.2 Å². The fourth-order valence-electron chi connectivity index (χ4n) is 5.03. The topological polar surface area (TPSA) is 89.6 Å². The number of carbonyl (C=O) groups excluding carboxylic acids is 1. The van der Waals surface area contributed by atoms with E-state index in [4.69, 9.17) is 0 Å². The number of fused-ring (bicyclic) bond motifs is 1. The molecule has 0 atom stereocenters. The van der Waals surface area contributed by atoms with Crippen molar-refractivity contribution >= 4 is 27.0 Å². The number of nitrogens with one attached hydrogen (secondary N) is 1. The molecule has 2 aliphatic heterocycles. The lowest BCUT2D eigenvalue weighted by Gasteiger charge is -2.36. The van der Waals surface area contributed by atoms with Crippen molar-refractivity contribution in [3.63, 3.8) is 0 Å². The van der Waals surface area contributed by atoms with Gasteiger partial charge >= 0.3 is 0 Å². The maximum atomic E-state index is 12.9. The predicted octanol–water partition coefficient (Wildman–Crippen LogP) is 2.58. The van der Waals surface area contributed by atoms with E-state index in [9.17, 15) is 13.2 Å². The Hall–Kier alpha value is -2.75. The number of aromatic amines is 1. The molecule has 2 aromatic heterocycles. The zero-order chi connectivity index (χ0) is 23.7. The molecule has 2 aliphatic rings. The van der Waals surface area contributed by atoms with Gasteiger partial charge in [-0.25, -0.2) is 13.4 Å². The Morgan fingerprint density at radius 2 is 1.74 bits per heavy atom. The second-order valence-corrected chi connectivity index (χ2v) is 11.2. The van der Waals surface area contributed by atoms with E-state index in [0.29, 0.717) is 43.5 Å². The number of amides is 1. The smallest absolute Gasteiger partial charge is 0.243 e. The van der Waals surface area contributed by atoms with Crippen LogP contribution in [0.25, 0.3) is 11.0 Å². The maximum Gasteiger partial charge on any atom is 0.243 e. The number of rotatable bonds is 5. The Bertz CT molecular complexity index is 1260. The van der Waals surface area contributed by atoms with Gasteiger partial charge in [0.2, 0.25) is 15.9 Å². The molecular weight excluding hydrogens is 450 g/mol. The van der Waals surface area contributed by atoms with Gasteiger partial charge in [0.1, 0.15) is 5.65 Å². The minimum atomic E-state index is -3.49. The summed E-state index contributed by atoms with van der Waals surface area (Å²) in [5.74, 6) is 0.561. The number of benzene rings is 1. The molecule has 8 nitrogen and oxygen atoms in total. The van der Waals surface area contributed by atoms with Crippen molar-refractivity contribution in [2.45, 2.75) is 30.6 Å². The lowest BCUT2D eigenvalue weighted by atomic mass is 9.89. The molecule has 4 heterocycles. The van der Waals surface area contributed by atoms with Gasteiger partial charge in [-0.3, -0.25) is 9.69 Å². The van der Waals surface area contributed by atoms with Crippen LogP contribution in [0.3, 0.4) is 0 Å². The predicted molar refractivity (Wildman–Crippen MR) is 131 cm³/mol. The van der Waals surface area contributed by atoms with Crippen molar-refractivity contribution in [1.29, 1.82) is 0 Å². The Labute approximate surface area is 200 Å². The monoisotopic (exact) mass is 481 g/mol. The summed E-state index contributed by atoms with van der Waals surface area (Å²) >= 11 is 0. The van der Waals surface area contributed by atoms with Crippen LogP contribution < -0.4 is 0 Å². The van der Waals surface area contributed by atoms with Crippen LogP contribution in [0.2, 0.25) is 0 Å². The normalized spacial score (nSPS) is 19.0. The maximum absolute atomic E-state index is 12.9. The number of piperazine rings is 1. The molecule has 1 aromatic carbocycles. The van der Waals surface area contributed by atoms with Gasteiger partial charge in [0.25, 0.3) is 0 Å². The van der Waals surface area contributed by atoms with Crippen molar-refractivity contribution in [3.05, 3.63) is 59.9 Å². The standard InChI is InChI=1S/C25H31N5O3S/c1-19-4-6-21(7-5-19)34(32,33)30-15-13-28(14-16-30)18-24(31)29-11-8-20(9-12-29)23-17-27-25-22(23)3-2-10-26-25/h2-7,10,17,20H,8-9,11-16,18H2,1H3,(H,26,27). The number of hydrogen-bond donors (Lipinski definition) is 1. The average Bonchev–Trinajstić information content (AvgIpc) is 3.29. The lowest BCUT2D eigenvalue weighted by Crippen LogP contribution is -2.52. The van der Waals surface area contributed by atoms with E-state index in [1.165, 1.54) is 15.3 Å². The second kappa shape index (κ2) is 9.48. The average molecular weight is 482 g/mol. The molecule has 0 unspecified atom stereocenters. The summed E-state index contributed by atoms with van der Waals surface area (Å²) in [5, 5.41) is 1.17. The second-order valence-electron chi connectivity index (χ2n) is 9.29. The Morgan fingerprint density at radius 3 is 2.44 bits per heavy atom. The van der Waals surface area contributed by atoms with Crippen LogP contribution in [0.5, 0.6) is 0 Å². The highest BCUT2D eigenvalue weighted by Gasteiger charge is 2.31. The van der Waals surface area contributed by atoms with Crippen LogP contribution in [0, 0.1) is 6.92 Å². The summed E-state index contributed by atoms with van der Waals surface area (Å²) in [6.45, 7) is 5.72. The van der Waals surface area contributed by atoms with E-state index in [-0.39, 0.29) is 5.91 Å². The quantitative estimate of drug-likeness (QED) is 0.605. The molecule has 2 fully saturated rings. The molecule has 3 aromatic rings.